The quantitative estimate of drug-likeness (QED) is 0.728. The van der Waals surface area contributed by atoms with Gasteiger partial charge in [0.25, 0.3) is 0 Å². The molecule has 0 spiro atoms. The van der Waals surface area contributed by atoms with Gasteiger partial charge in [-0.25, -0.2) is 4.68 Å². The largest absolute Gasteiger partial charge is 0.368 e. The fourth-order valence-corrected chi connectivity index (χ4v) is 3.87. The molecule has 3 saturated heterocycles. The van der Waals surface area contributed by atoms with E-state index in [1.807, 2.05) is 6.20 Å². The predicted molar refractivity (Wildman–Crippen MR) is 70.7 cm³/mol. The maximum Gasteiger partial charge on any atom is 0.124 e. The smallest absolute Gasteiger partial charge is 0.124 e. The first-order valence-electron chi connectivity index (χ1n) is 6.91. The number of hydrogen-bond donors (Lipinski definition) is 3. The van der Waals surface area contributed by atoms with E-state index in [-0.39, 0.29) is 0 Å². The molecule has 0 radical (unpaired) electrons. The van der Waals surface area contributed by atoms with Crippen LogP contribution in [-0.2, 0) is 0 Å². The molecular formula is C13H21N5. The molecule has 0 unspecified atom stereocenters. The van der Waals surface area contributed by atoms with E-state index in [0.717, 1.165) is 25.5 Å². The lowest BCUT2D eigenvalue weighted by atomic mass is 9.63. The van der Waals surface area contributed by atoms with E-state index in [4.69, 9.17) is 0 Å². The van der Waals surface area contributed by atoms with Crippen molar-refractivity contribution in [3.63, 3.8) is 0 Å². The van der Waals surface area contributed by atoms with E-state index >= 15 is 0 Å². The molecular weight excluding hydrogens is 226 g/mol. The zero-order valence-corrected chi connectivity index (χ0v) is 10.9. The molecule has 0 amide bonds. The van der Waals surface area contributed by atoms with E-state index in [2.05, 4.69) is 38.7 Å². The zero-order valence-electron chi connectivity index (χ0n) is 10.9. The highest BCUT2D eigenvalue weighted by atomic mass is 15.4. The van der Waals surface area contributed by atoms with Gasteiger partial charge in [-0.2, -0.15) is 5.10 Å². The van der Waals surface area contributed by atoms with Gasteiger partial charge in [-0.1, -0.05) is 6.92 Å². The van der Waals surface area contributed by atoms with Crippen molar-refractivity contribution in [3.05, 3.63) is 12.3 Å². The molecule has 4 fully saturated rings. The van der Waals surface area contributed by atoms with E-state index in [1.165, 1.54) is 19.4 Å². The van der Waals surface area contributed by atoms with E-state index < -0.39 is 0 Å². The first-order valence-corrected chi connectivity index (χ1v) is 6.91. The number of nitrogens with zero attached hydrogens (tertiary/aromatic N) is 2. The van der Waals surface area contributed by atoms with Crippen molar-refractivity contribution in [1.29, 1.82) is 0 Å². The SMILES string of the molecule is CC12CNC(CNc3ccnn3C3CNC3)(C1)C2. The summed E-state index contributed by atoms with van der Waals surface area (Å²) in [6, 6.07) is 2.62. The van der Waals surface area contributed by atoms with Gasteiger partial charge in [-0.15, -0.1) is 0 Å². The lowest BCUT2D eigenvalue weighted by Gasteiger charge is -2.44. The normalized spacial score (nSPS) is 38.3. The molecule has 5 rings (SSSR count). The second-order valence-electron chi connectivity index (χ2n) is 6.62. The van der Waals surface area contributed by atoms with Gasteiger partial charge in [0, 0.05) is 37.8 Å². The third-order valence-corrected chi connectivity index (χ3v) is 4.80. The fraction of sp³-hybridized carbons (Fsp3) is 0.769. The Hall–Kier alpha value is -1.07. The van der Waals surface area contributed by atoms with E-state index in [0.29, 0.717) is 17.0 Å². The summed E-state index contributed by atoms with van der Waals surface area (Å²) in [5.41, 5.74) is 0.918. The van der Waals surface area contributed by atoms with Crippen LogP contribution in [0.1, 0.15) is 25.8 Å². The molecule has 3 aliphatic heterocycles. The van der Waals surface area contributed by atoms with Crippen molar-refractivity contribution in [3.8, 4) is 0 Å². The van der Waals surface area contributed by atoms with Crippen LogP contribution in [0.25, 0.3) is 0 Å². The molecule has 0 atom stereocenters. The summed E-state index contributed by atoms with van der Waals surface area (Å²) in [4.78, 5) is 0. The highest BCUT2D eigenvalue weighted by Crippen LogP contribution is 2.53. The Morgan fingerprint density at radius 1 is 1.50 bits per heavy atom. The van der Waals surface area contributed by atoms with Crippen molar-refractivity contribution in [1.82, 2.24) is 20.4 Å². The maximum atomic E-state index is 4.43. The molecule has 1 saturated carbocycles. The van der Waals surface area contributed by atoms with Crippen molar-refractivity contribution in [2.75, 3.05) is 31.5 Å². The molecule has 1 aliphatic carbocycles. The third kappa shape index (κ3) is 1.50. The Morgan fingerprint density at radius 2 is 2.33 bits per heavy atom. The summed E-state index contributed by atoms with van der Waals surface area (Å²) >= 11 is 0. The highest BCUT2D eigenvalue weighted by molar-refractivity contribution is 5.37. The Labute approximate surface area is 107 Å². The van der Waals surface area contributed by atoms with Crippen molar-refractivity contribution < 1.29 is 0 Å². The van der Waals surface area contributed by atoms with Gasteiger partial charge in [-0.3, -0.25) is 0 Å². The van der Waals surface area contributed by atoms with Crippen molar-refractivity contribution in [2.45, 2.75) is 31.3 Å². The van der Waals surface area contributed by atoms with Gasteiger partial charge in [0.2, 0.25) is 0 Å². The van der Waals surface area contributed by atoms with Crippen LogP contribution in [0.5, 0.6) is 0 Å². The summed E-state index contributed by atoms with van der Waals surface area (Å²) < 4.78 is 2.12. The first-order chi connectivity index (χ1) is 8.68. The van der Waals surface area contributed by atoms with Gasteiger partial charge >= 0.3 is 0 Å². The lowest BCUT2D eigenvalue weighted by Crippen LogP contribution is -2.52. The first kappa shape index (κ1) is 10.8. The monoisotopic (exact) mass is 247 g/mol. The highest BCUT2D eigenvalue weighted by Gasteiger charge is 2.57. The average Bonchev–Trinajstić information content (AvgIpc) is 2.86. The minimum Gasteiger partial charge on any atom is -0.368 e. The molecule has 18 heavy (non-hydrogen) atoms. The lowest BCUT2D eigenvalue weighted by molar-refractivity contribution is 0.142. The van der Waals surface area contributed by atoms with Crippen LogP contribution in [0.4, 0.5) is 5.82 Å². The minimum atomic E-state index is 0.349. The average molecular weight is 247 g/mol. The molecule has 4 aliphatic rings. The molecule has 5 heteroatoms. The summed E-state index contributed by atoms with van der Waals surface area (Å²) in [5, 5.41) is 15.0. The van der Waals surface area contributed by atoms with Crippen LogP contribution < -0.4 is 16.0 Å². The van der Waals surface area contributed by atoms with Crippen LogP contribution >= 0.6 is 0 Å². The van der Waals surface area contributed by atoms with Crippen LogP contribution in [0.2, 0.25) is 0 Å². The molecule has 0 aromatic carbocycles. The summed E-state index contributed by atoms with van der Waals surface area (Å²) in [6.07, 6.45) is 4.52. The zero-order chi connectivity index (χ0) is 12.2. The van der Waals surface area contributed by atoms with E-state index in [9.17, 15) is 0 Å². The van der Waals surface area contributed by atoms with Crippen LogP contribution in [0.3, 0.4) is 0 Å². The number of rotatable bonds is 4. The van der Waals surface area contributed by atoms with E-state index in [1.54, 1.807) is 0 Å². The third-order valence-electron chi connectivity index (χ3n) is 4.80. The summed E-state index contributed by atoms with van der Waals surface area (Å²) in [5.74, 6) is 1.16. The topological polar surface area (TPSA) is 53.9 Å². The Bertz CT molecular complexity index is 456. The predicted octanol–water partition coefficient (Wildman–Crippen LogP) is 0.581. The number of hydrogen-bond acceptors (Lipinski definition) is 4. The minimum absolute atomic E-state index is 0.349. The van der Waals surface area contributed by atoms with Gasteiger partial charge < -0.3 is 16.0 Å². The molecule has 1 aromatic rings. The molecule has 2 bridgehead atoms. The Balaban J connectivity index is 1.42. The van der Waals surface area contributed by atoms with Gasteiger partial charge in [0.05, 0.1) is 12.2 Å². The maximum absolute atomic E-state index is 4.43. The number of aromatic nitrogens is 2. The van der Waals surface area contributed by atoms with Crippen LogP contribution in [-0.4, -0.2) is 41.5 Å². The standard InChI is InChI=1S/C13H21N5/c1-12-6-13(7-12,16-8-12)9-15-11-2-3-17-18(11)10-4-14-5-10/h2-3,10,14-16H,4-9H2,1H3. The molecule has 3 N–H and O–H groups in total. The fourth-order valence-electron chi connectivity index (χ4n) is 3.87. The second kappa shape index (κ2) is 3.48. The van der Waals surface area contributed by atoms with Gasteiger partial charge in [0.15, 0.2) is 0 Å². The van der Waals surface area contributed by atoms with Crippen molar-refractivity contribution >= 4 is 5.82 Å². The Morgan fingerprint density at radius 3 is 2.94 bits per heavy atom. The summed E-state index contributed by atoms with van der Waals surface area (Å²) in [6.45, 7) is 6.67. The van der Waals surface area contributed by atoms with Crippen molar-refractivity contribution in [2.24, 2.45) is 5.41 Å². The number of nitrogens with one attached hydrogen (secondary N) is 3. The van der Waals surface area contributed by atoms with Gasteiger partial charge in [0.1, 0.15) is 5.82 Å². The second-order valence-corrected chi connectivity index (χ2v) is 6.62. The summed E-state index contributed by atoms with van der Waals surface area (Å²) in [7, 11) is 0. The Kier molecular flexibility index (Phi) is 2.09. The molecule has 1 aromatic heterocycles. The van der Waals surface area contributed by atoms with Crippen LogP contribution in [0.15, 0.2) is 12.3 Å². The number of fused-ring (bicyclic) bond motifs is 1. The molecule has 5 nitrogen and oxygen atoms in total. The van der Waals surface area contributed by atoms with Crippen LogP contribution in [0, 0.1) is 5.41 Å². The molecule has 4 heterocycles. The molecule has 98 valence electrons. The van der Waals surface area contributed by atoms with Gasteiger partial charge in [-0.05, 0) is 18.3 Å². The number of anilines is 1.